The van der Waals surface area contributed by atoms with Crippen LogP contribution in [-0.2, 0) is 18.3 Å². The molecule has 0 saturated carbocycles. The molecule has 29 heavy (non-hydrogen) atoms. The number of nitrogens with zero attached hydrogens (tertiary/aromatic N) is 5. The van der Waals surface area contributed by atoms with Gasteiger partial charge in [0.15, 0.2) is 5.65 Å². The molecule has 1 aromatic carbocycles. The van der Waals surface area contributed by atoms with Gasteiger partial charge in [0.25, 0.3) is 0 Å². The number of anilines is 2. The molecule has 156 valence electrons. The number of fused-ring (bicyclic) bond motifs is 1. The minimum atomic E-state index is 0. The summed E-state index contributed by atoms with van der Waals surface area (Å²) in [4.78, 5) is 11.7. The Morgan fingerprint density at radius 2 is 1.93 bits per heavy atom. The molecular weight excluding hydrogens is 413 g/mol. The van der Waals surface area contributed by atoms with E-state index in [0.717, 1.165) is 66.8 Å². The van der Waals surface area contributed by atoms with Gasteiger partial charge < -0.3 is 15.4 Å². The van der Waals surface area contributed by atoms with Gasteiger partial charge in [-0.2, -0.15) is 15.1 Å². The molecule has 3 aromatic rings. The Kier molecular flexibility index (Phi) is 7.49. The summed E-state index contributed by atoms with van der Waals surface area (Å²) in [6, 6.07) is 7.78. The van der Waals surface area contributed by atoms with Crippen LogP contribution in [0.1, 0.15) is 5.56 Å². The lowest BCUT2D eigenvalue weighted by Gasteiger charge is -2.26. The molecule has 0 radical (unpaired) electrons. The topological polar surface area (TPSA) is 80.1 Å². The van der Waals surface area contributed by atoms with Crippen LogP contribution in [-0.4, -0.2) is 64.0 Å². The first kappa shape index (κ1) is 21.6. The molecule has 1 fully saturated rings. The molecule has 1 saturated heterocycles. The quantitative estimate of drug-likeness (QED) is 0.587. The van der Waals surface area contributed by atoms with Crippen LogP contribution in [0.25, 0.3) is 11.0 Å². The Balaban J connectivity index is 0.00000240. The molecule has 2 aromatic heterocycles. The fraction of sp³-hybridized carbons (Fsp3) is 0.421. The summed E-state index contributed by atoms with van der Waals surface area (Å²) >= 11 is 6.27. The number of hydrogen-bond acceptors (Lipinski definition) is 7. The van der Waals surface area contributed by atoms with Crippen LogP contribution in [0.2, 0.25) is 5.02 Å². The monoisotopic (exact) mass is 437 g/mol. The number of aryl methyl sites for hydroxylation is 1. The Morgan fingerprint density at radius 1 is 1.14 bits per heavy atom. The van der Waals surface area contributed by atoms with E-state index in [4.69, 9.17) is 16.3 Å². The fourth-order valence-electron chi connectivity index (χ4n) is 3.21. The van der Waals surface area contributed by atoms with Crippen molar-refractivity contribution in [1.29, 1.82) is 0 Å². The summed E-state index contributed by atoms with van der Waals surface area (Å²) in [7, 11) is 1.88. The molecule has 0 spiro atoms. The van der Waals surface area contributed by atoms with Crippen LogP contribution in [0, 0.1) is 0 Å². The van der Waals surface area contributed by atoms with Gasteiger partial charge in [0.05, 0.1) is 24.8 Å². The minimum Gasteiger partial charge on any atom is -0.379 e. The third kappa shape index (κ3) is 5.27. The average Bonchev–Trinajstić information content (AvgIpc) is 3.09. The molecule has 2 N–H and O–H groups in total. The second kappa shape index (κ2) is 10.1. The predicted octanol–water partition coefficient (Wildman–Crippen LogP) is 2.79. The number of ether oxygens (including phenoxy) is 1. The second-order valence-electron chi connectivity index (χ2n) is 6.73. The Labute approximate surface area is 181 Å². The third-order valence-corrected chi connectivity index (χ3v) is 5.18. The van der Waals surface area contributed by atoms with Gasteiger partial charge in [-0.15, -0.1) is 12.4 Å². The minimum absolute atomic E-state index is 0. The Morgan fingerprint density at radius 3 is 2.72 bits per heavy atom. The molecule has 10 heteroatoms. The van der Waals surface area contributed by atoms with Crippen molar-refractivity contribution in [3.05, 3.63) is 41.0 Å². The number of aromatic nitrogens is 4. The molecule has 0 amide bonds. The molecule has 1 aliphatic heterocycles. The number of hydrogen-bond donors (Lipinski definition) is 2. The zero-order valence-electron chi connectivity index (χ0n) is 16.3. The van der Waals surface area contributed by atoms with Crippen molar-refractivity contribution in [2.24, 2.45) is 7.05 Å². The number of morpholine rings is 1. The highest BCUT2D eigenvalue weighted by Crippen LogP contribution is 2.23. The lowest BCUT2D eigenvalue weighted by atomic mass is 10.2. The number of benzene rings is 1. The van der Waals surface area contributed by atoms with E-state index >= 15 is 0 Å². The first-order chi connectivity index (χ1) is 13.7. The highest BCUT2D eigenvalue weighted by molar-refractivity contribution is 6.31. The Hall–Kier alpha value is -2.13. The van der Waals surface area contributed by atoms with Crippen molar-refractivity contribution in [2.45, 2.75) is 6.54 Å². The highest BCUT2D eigenvalue weighted by Gasteiger charge is 2.13. The number of nitrogens with one attached hydrogen (secondary N) is 2. The van der Waals surface area contributed by atoms with E-state index in [1.165, 1.54) is 0 Å². The first-order valence-electron chi connectivity index (χ1n) is 9.42. The van der Waals surface area contributed by atoms with E-state index in [1.807, 2.05) is 31.3 Å². The van der Waals surface area contributed by atoms with Gasteiger partial charge in [0.2, 0.25) is 5.95 Å². The van der Waals surface area contributed by atoms with Crippen molar-refractivity contribution >= 4 is 46.8 Å². The summed E-state index contributed by atoms with van der Waals surface area (Å²) in [5.74, 6) is 1.33. The molecule has 0 unspecified atom stereocenters. The SMILES string of the molecule is Cl.Cn1ncc2c(NCc3ccccc3Cl)nc(NCCN3CCOCC3)nc21. The van der Waals surface area contributed by atoms with Crippen molar-refractivity contribution < 1.29 is 4.74 Å². The van der Waals surface area contributed by atoms with E-state index in [-0.39, 0.29) is 12.4 Å². The summed E-state index contributed by atoms with van der Waals surface area (Å²) in [5.41, 5.74) is 1.80. The number of rotatable bonds is 7. The largest absolute Gasteiger partial charge is 0.379 e. The smallest absolute Gasteiger partial charge is 0.226 e. The van der Waals surface area contributed by atoms with Crippen molar-refractivity contribution in [1.82, 2.24) is 24.6 Å². The molecule has 4 rings (SSSR count). The van der Waals surface area contributed by atoms with E-state index in [1.54, 1.807) is 10.9 Å². The summed E-state index contributed by atoms with van der Waals surface area (Å²) in [6.07, 6.45) is 1.78. The normalized spacial score (nSPS) is 14.6. The summed E-state index contributed by atoms with van der Waals surface area (Å²) < 4.78 is 7.14. The van der Waals surface area contributed by atoms with Gasteiger partial charge in [0.1, 0.15) is 5.82 Å². The van der Waals surface area contributed by atoms with E-state index in [9.17, 15) is 0 Å². The van der Waals surface area contributed by atoms with E-state index in [2.05, 4.69) is 30.6 Å². The maximum absolute atomic E-state index is 6.27. The third-order valence-electron chi connectivity index (χ3n) is 4.81. The van der Waals surface area contributed by atoms with Gasteiger partial charge >= 0.3 is 0 Å². The molecule has 3 heterocycles. The summed E-state index contributed by atoms with van der Waals surface area (Å²) in [6.45, 7) is 5.81. The van der Waals surface area contributed by atoms with Gasteiger partial charge in [-0.3, -0.25) is 9.58 Å². The first-order valence-corrected chi connectivity index (χ1v) is 9.79. The van der Waals surface area contributed by atoms with Crippen LogP contribution >= 0.6 is 24.0 Å². The fourth-order valence-corrected chi connectivity index (χ4v) is 3.41. The maximum Gasteiger partial charge on any atom is 0.226 e. The molecule has 0 aliphatic carbocycles. The van der Waals surface area contributed by atoms with Crippen LogP contribution in [0.15, 0.2) is 30.5 Å². The lowest BCUT2D eigenvalue weighted by molar-refractivity contribution is 0.0398. The molecule has 0 bridgehead atoms. The van der Waals surface area contributed by atoms with Crippen LogP contribution < -0.4 is 10.6 Å². The lowest BCUT2D eigenvalue weighted by Crippen LogP contribution is -2.39. The highest BCUT2D eigenvalue weighted by atomic mass is 35.5. The zero-order chi connectivity index (χ0) is 19.3. The predicted molar refractivity (Wildman–Crippen MR) is 118 cm³/mol. The van der Waals surface area contributed by atoms with Crippen molar-refractivity contribution in [2.75, 3.05) is 50.0 Å². The Bertz CT molecular complexity index is 943. The molecule has 1 aliphatic rings. The maximum atomic E-state index is 6.27. The number of halogens is 2. The van der Waals surface area contributed by atoms with Crippen LogP contribution in [0.3, 0.4) is 0 Å². The zero-order valence-corrected chi connectivity index (χ0v) is 17.8. The standard InChI is InChI=1S/C19H24ClN7O.ClH/c1-26-18-15(13-23-26)17(22-12-14-4-2-3-5-16(14)20)24-19(25-18)21-6-7-27-8-10-28-11-9-27;/h2-5,13H,6-12H2,1H3,(H2,21,22,24,25);1H. The average molecular weight is 438 g/mol. The van der Waals surface area contributed by atoms with Gasteiger partial charge in [-0.1, -0.05) is 29.8 Å². The van der Waals surface area contributed by atoms with Gasteiger partial charge in [0, 0.05) is 44.8 Å². The van der Waals surface area contributed by atoms with Gasteiger partial charge in [-0.25, -0.2) is 0 Å². The van der Waals surface area contributed by atoms with Crippen LogP contribution in [0.4, 0.5) is 11.8 Å². The molecule has 8 nitrogen and oxygen atoms in total. The van der Waals surface area contributed by atoms with Crippen molar-refractivity contribution in [3.63, 3.8) is 0 Å². The van der Waals surface area contributed by atoms with Crippen LogP contribution in [0.5, 0.6) is 0 Å². The van der Waals surface area contributed by atoms with E-state index in [0.29, 0.717) is 12.5 Å². The molecule has 0 atom stereocenters. The molecular formula is C19H25Cl2N7O. The van der Waals surface area contributed by atoms with Gasteiger partial charge in [-0.05, 0) is 11.6 Å². The van der Waals surface area contributed by atoms with Crippen molar-refractivity contribution in [3.8, 4) is 0 Å². The summed E-state index contributed by atoms with van der Waals surface area (Å²) in [5, 5.41) is 12.7. The van der Waals surface area contributed by atoms with E-state index < -0.39 is 0 Å². The second-order valence-corrected chi connectivity index (χ2v) is 7.13.